The number of rotatable bonds is 3. The summed E-state index contributed by atoms with van der Waals surface area (Å²) in [6.07, 6.45) is 0. The number of nitrogens with zero attached hydrogens (tertiary/aromatic N) is 1. The molecule has 0 aliphatic carbocycles. The number of carboxylic acid groups (broad SMARTS) is 1. The van der Waals surface area contributed by atoms with Crippen molar-refractivity contribution in [2.75, 3.05) is 6.54 Å². The highest BCUT2D eigenvalue weighted by atomic mass is 19.3. The Kier molecular flexibility index (Phi) is 2.22. The molecule has 7 heteroatoms. The highest BCUT2D eigenvalue weighted by Crippen LogP contribution is 2.12. The van der Waals surface area contributed by atoms with Crippen molar-refractivity contribution >= 4 is 5.97 Å². The Morgan fingerprint density at radius 2 is 2.10 bits per heavy atom. The maximum Gasteiger partial charge on any atom is 0.404 e. The first-order valence-electron chi connectivity index (χ1n) is 2.09. The van der Waals surface area contributed by atoms with Crippen LogP contribution in [0.3, 0.4) is 0 Å². The fourth-order valence-corrected chi connectivity index (χ4v) is 0.230. The number of hydrogen-bond donors (Lipinski definition) is 1. The van der Waals surface area contributed by atoms with Crippen molar-refractivity contribution in [3.8, 4) is 0 Å². The van der Waals surface area contributed by atoms with E-state index in [9.17, 15) is 23.7 Å². The van der Waals surface area contributed by atoms with Gasteiger partial charge in [-0.3, -0.25) is 10.1 Å². The molecule has 10 heavy (non-hydrogen) atoms. The van der Waals surface area contributed by atoms with Gasteiger partial charge in [0.05, 0.1) is 0 Å². The molecule has 0 unspecified atom stereocenters. The lowest BCUT2D eigenvalue weighted by atomic mass is 10.3. The molecule has 1 N–H and O–H groups in total. The second-order valence-corrected chi connectivity index (χ2v) is 1.50. The normalized spacial score (nSPS) is 11.0. The standard InChI is InChI=1S/C3H3F2NO4/c4-3(5,2(7)8)1-6(9)10/h1H2,(H,7,8). The van der Waals surface area contributed by atoms with Gasteiger partial charge in [-0.05, 0) is 0 Å². The minimum atomic E-state index is -4.26. The van der Waals surface area contributed by atoms with Crippen LogP contribution >= 0.6 is 0 Å². The number of halogens is 2. The molecular formula is C3H3F2NO4. The van der Waals surface area contributed by atoms with Gasteiger partial charge in [-0.15, -0.1) is 0 Å². The molecule has 0 amide bonds. The topological polar surface area (TPSA) is 80.4 Å². The van der Waals surface area contributed by atoms with Crippen LogP contribution in [0.15, 0.2) is 0 Å². The molecule has 58 valence electrons. The minimum Gasteiger partial charge on any atom is -0.477 e. The number of carbonyl (C=O) groups is 1. The van der Waals surface area contributed by atoms with Crippen molar-refractivity contribution in [2.45, 2.75) is 5.92 Å². The summed E-state index contributed by atoms with van der Waals surface area (Å²) in [6, 6.07) is 0. The predicted molar refractivity (Wildman–Crippen MR) is 24.4 cm³/mol. The first-order valence-corrected chi connectivity index (χ1v) is 2.09. The minimum absolute atomic E-state index is 1.38. The fourth-order valence-electron chi connectivity index (χ4n) is 0.230. The number of alkyl halides is 2. The first-order chi connectivity index (χ1) is 4.36. The summed E-state index contributed by atoms with van der Waals surface area (Å²) in [5, 5.41) is 17.0. The Bertz CT molecular complexity index is 168. The second-order valence-electron chi connectivity index (χ2n) is 1.50. The van der Waals surface area contributed by atoms with Gasteiger partial charge in [-0.2, -0.15) is 8.78 Å². The van der Waals surface area contributed by atoms with Gasteiger partial charge < -0.3 is 5.11 Å². The Labute approximate surface area is 53.4 Å². The summed E-state index contributed by atoms with van der Waals surface area (Å²) in [7, 11) is 0. The van der Waals surface area contributed by atoms with Crippen LogP contribution in [0, 0.1) is 10.1 Å². The highest BCUT2D eigenvalue weighted by Gasteiger charge is 2.44. The quantitative estimate of drug-likeness (QED) is 0.458. The third kappa shape index (κ3) is 2.33. The van der Waals surface area contributed by atoms with Gasteiger partial charge in [0.1, 0.15) is 0 Å². The summed E-state index contributed by atoms with van der Waals surface area (Å²) in [6.45, 7) is -1.87. The SMILES string of the molecule is O=C(O)C(F)(F)C[N+](=O)[O-]. The van der Waals surface area contributed by atoms with E-state index in [4.69, 9.17) is 5.11 Å². The van der Waals surface area contributed by atoms with Crippen LogP contribution in [0.5, 0.6) is 0 Å². The maximum absolute atomic E-state index is 11.8. The molecule has 0 aliphatic heterocycles. The zero-order chi connectivity index (χ0) is 8.36. The molecule has 0 rings (SSSR count). The summed E-state index contributed by atoms with van der Waals surface area (Å²) in [4.78, 5) is 17.5. The van der Waals surface area contributed by atoms with Gasteiger partial charge in [-0.1, -0.05) is 0 Å². The van der Waals surface area contributed by atoms with Crippen molar-refractivity contribution in [3.05, 3.63) is 10.1 Å². The van der Waals surface area contributed by atoms with Crippen molar-refractivity contribution in [1.82, 2.24) is 0 Å². The molecule has 0 aromatic carbocycles. The zero-order valence-corrected chi connectivity index (χ0v) is 4.58. The lowest BCUT2D eigenvalue weighted by Crippen LogP contribution is -2.35. The zero-order valence-electron chi connectivity index (χ0n) is 4.58. The lowest BCUT2D eigenvalue weighted by molar-refractivity contribution is -0.501. The van der Waals surface area contributed by atoms with Crippen LogP contribution in [0.4, 0.5) is 8.78 Å². The summed E-state index contributed by atoms with van der Waals surface area (Å²) < 4.78 is 23.5. The van der Waals surface area contributed by atoms with E-state index in [1.807, 2.05) is 0 Å². The average molecular weight is 155 g/mol. The van der Waals surface area contributed by atoms with Gasteiger partial charge in [0.2, 0.25) is 0 Å². The predicted octanol–water partition coefficient (Wildman–Crippen LogP) is -0.0170. The molecule has 0 saturated carbocycles. The van der Waals surface area contributed by atoms with E-state index < -0.39 is 23.4 Å². The fraction of sp³-hybridized carbons (Fsp3) is 0.667. The Morgan fingerprint density at radius 1 is 1.70 bits per heavy atom. The molecule has 0 bridgehead atoms. The van der Waals surface area contributed by atoms with Crippen LogP contribution in [0.2, 0.25) is 0 Å². The van der Waals surface area contributed by atoms with E-state index in [0.29, 0.717) is 0 Å². The highest BCUT2D eigenvalue weighted by molar-refractivity contribution is 5.75. The molecule has 0 saturated heterocycles. The first kappa shape index (κ1) is 8.73. The molecule has 0 heterocycles. The van der Waals surface area contributed by atoms with Gasteiger partial charge in [0.25, 0.3) is 6.54 Å². The molecule has 0 aromatic rings. The summed E-state index contributed by atoms with van der Waals surface area (Å²) in [5.74, 6) is -6.74. The molecule has 0 radical (unpaired) electrons. The van der Waals surface area contributed by atoms with E-state index in [1.54, 1.807) is 0 Å². The monoisotopic (exact) mass is 155 g/mol. The Balaban J connectivity index is 4.13. The van der Waals surface area contributed by atoms with Gasteiger partial charge in [0, 0.05) is 4.92 Å². The second kappa shape index (κ2) is 2.54. The van der Waals surface area contributed by atoms with E-state index in [2.05, 4.69) is 0 Å². The van der Waals surface area contributed by atoms with Gasteiger partial charge in [0.15, 0.2) is 0 Å². The van der Waals surface area contributed by atoms with Crippen LogP contribution in [0.25, 0.3) is 0 Å². The number of nitro groups is 1. The summed E-state index contributed by atoms with van der Waals surface area (Å²) >= 11 is 0. The Morgan fingerprint density at radius 3 is 2.20 bits per heavy atom. The van der Waals surface area contributed by atoms with Crippen LogP contribution in [-0.2, 0) is 4.79 Å². The smallest absolute Gasteiger partial charge is 0.404 e. The van der Waals surface area contributed by atoms with Crippen molar-refractivity contribution in [3.63, 3.8) is 0 Å². The molecule has 0 aromatic heterocycles. The molecule has 5 nitrogen and oxygen atoms in total. The van der Waals surface area contributed by atoms with Crippen LogP contribution in [-0.4, -0.2) is 28.5 Å². The van der Waals surface area contributed by atoms with E-state index in [-0.39, 0.29) is 0 Å². The van der Waals surface area contributed by atoms with Crippen LogP contribution < -0.4 is 0 Å². The molecular weight excluding hydrogens is 152 g/mol. The number of carboxylic acids is 1. The third-order valence-corrected chi connectivity index (χ3v) is 0.641. The Hall–Kier alpha value is -1.27. The molecule has 0 aliphatic rings. The number of aliphatic carboxylic acids is 1. The molecule has 0 atom stereocenters. The third-order valence-electron chi connectivity index (χ3n) is 0.641. The average Bonchev–Trinajstić information content (AvgIpc) is 1.60. The van der Waals surface area contributed by atoms with Crippen molar-refractivity contribution < 1.29 is 23.6 Å². The molecule has 0 fully saturated rings. The molecule has 0 spiro atoms. The van der Waals surface area contributed by atoms with E-state index in [1.165, 1.54) is 0 Å². The van der Waals surface area contributed by atoms with Gasteiger partial charge >= 0.3 is 11.9 Å². The van der Waals surface area contributed by atoms with Crippen LogP contribution in [0.1, 0.15) is 0 Å². The van der Waals surface area contributed by atoms with Crippen molar-refractivity contribution in [1.29, 1.82) is 0 Å². The number of hydrogen-bond acceptors (Lipinski definition) is 3. The largest absolute Gasteiger partial charge is 0.477 e. The van der Waals surface area contributed by atoms with Crippen molar-refractivity contribution in [2.24, 2.45) is 0 Å². The summed E-state index contributed by atoms with van der Waals surface area (Å²) in [5.41, 5.74) is 0. The van der Waals surface area contributed by atoms with E-state index >= 15 is 0 Å². The van der Waals surface area contributed by atoms with E-state index in [0.717, 1.165) is 0 Å². The maximum atomic E-state index is 11.8. The lowest BCUT2D eigenvalue weighted by Gasteiger charge is -2.03. The van der Waals surface area contributed by atoms with Gasteiger partial charge in [-0.25, -0.2) is 4.79 Å².